The first kappa shape index (κ1) is 15.7. The molecule has 0 bridgehead atoms. The van der Waals surface area contributed by atoms with Gasteiger partial charge in [0.15, 0.2) is 0 Å². The van der Waals surface area contributed by atoms with Crippen LogP contribution in [0.2, 0.25) is 0 Å². The molecule has 0 aliphatic heterocycles. The number of rotatable bonds is 5. The Hall–Kier alpha value is -2.15. The van der Waals surface area contributed by atoms with E-state index in [4.69, 9.17) is 0 Å². The highest BCUT2D eigenvalue weighted by Crippen LogP contribution is 2.42. The third kappa shape index (κ3) is 3.79. The standard InChI is InChI=1S/C22H24O/c1-22(16-8-13-21(22)23)17-20(19-11-6-3-7-12-19)15-14-18-9-4-2-5-10-18/h2-7,9-12,14-15,20H,8,13,16-17H2,1H3/b15-14+/t20-,22+/m1/s1. The Bertz CT molecular complexity index is 672. The van der Waals surface area contributed by atoms with Gasteiger partial charge < -0.3 is 0 Å². The Morgan fingerprint density at radius 3 is 2.30 bits per heavy atom. The lowest BCUT2D eigenvalue weighted by Gasteiger charge is -2.26. The molecule has 2 atom stereocenters. The van der Waals surface area contributed by atoms with Crippen LogP contribution in [0.25, 0.3) is 6.08 Å². The largest absolute Gasteiger partial charge is 0.299 e. The zero-order valence-electron chi connectivity index (χ0n) is 13.7. The van der Waals surface area contributed by atoms with Crippen LogP contribution in [-0.2, 0) is 4.79 Å². The number of hydrogen-bond donors (Lipinski definition) is 0. The lowest BCUT2D eigenvalue weighted by molar-refractivity contribution is -0.125. The van der Waals surface area contributed by atoms with Gasteiger partial charge in [-0.15, -0.1) is 0 Å². The highest BCUT2D eigenvalue weighted by Gasteiger charge is 2.38. The lowest BCUT2D eigenvalue weighted by Crippen LogP contribution is -2.24. The first-order valence-electron chi connectivity index (χ1n) is 8.49. The Balaban J connectivity index is 1.85. The van der Waals surface area contributed by atoms with Crippen molar-refractivity contribution in [3.63, 3.8) is 0 Å². The molecule has 2 aromatic rings. The van der Waals surface area contributed by atoms with Crippen LogP contribution in [0.15, 0.2) is 66.7 Å². The third-order valence-electron chi connectivity index (χ3n) is 5.02. The summed E-state index contributed by atoms with van der Waals surface area (Å²) in [5, 5.41) is 0. The van der Waals surface area contributed by atoms with Gasteiger partial charge in [-0.1, -0.05) is 79.7 Å². The maximum absolute atomic E-state index is 12.3. The second-order valence-electron chi connectivity index (χ2n) is 6.83. The normalized spacial score (nSPS) is 22.6. The van der Waals surface area contributed by atoms with Crippen LogP contribution in [0, 0.1) is 5.41 Å². The molecular formula is C22H24O. The Morgan fingerprint density at radius 1 is 1.04 bits per heavy atom. The van der Waals surface area contributed by atoms with E-state index in [9.17, 15) is 4.79 Å². The molecule has 0 aromatic heterocycles. The monoisotopic (exact) mass is 304 g/mol. The molecule has 3 rings (SSSR count). The van der Waals surface area contributed by atoms with Crippen LogP contribution >= 0.6 is 0 Å². The summed E-state index contributed by atoms with van der Waals surface area (Å²) in [5.41, 5.74) is 2.33. The molecule has 23 heavy (non-hydrogen) atoms. The van der Waals surface area contributed by atoms with E-state index in [1.165, 1.54) is 11.1 Å². The maximum Gasteiger partial charge on any atom is 0.138 e. The van der Waals surface area contributed by atoms with E-state index in [1.807, 2.05) is 12.1 Å². The average Bonchev–Trinajstić information content (AvgIpc) is 2.92. The molecule has 1 aliphatic carbocycles. The smallest absolute Gasteiger partial charge is 0.138 e. The van der Waals surface area contributed by atoms with Crippen LogP contribution in [-0.4, -0.2) is 5.78 Å². The van der Waals surface area contributed by atoms with E-state index in [2.05, 4.69) is 67.6 Å². The lowest BCUT2D eigenvalue weighted by atomic mass is 9.76. The molecule has 1 aliphatic rings. The van der Waals surface area contributed by atoms with Crippen molar-refractivity contribution in [2.45, 2.75) is 38.5 Å². The summed E-state index contributed by atoms with van der Waals surface area (Å²) in [5.74, 6) is 0.718. The van der Waals surface area contributed by atoms with E-state index in [1.54, 1.807) is 0 Å². The predicted octanol–water partition coefficient (Wildman–Crippen LogP) is 5.63. The Kier molecular flexibility index (Phi) is 4.76. The van der Waals surface area contributed by atoms with E-state index in [0.717, 1.165) is 25.7 Å². The van der Waals surface area contributed by atoms with E-state index in [0.29, 0.717) is 5.78 Å². The molecule has 0 amide bonds. The highest BCUT2D eigenvalue weighted by atomic mass is 16.1. The molecule has 0 unspecified atom stereocenters. The van der Waals surface area contributed by atoms with Crippen molar-refractivity contribution >= 4 is 11.9 Å². The second-order valence-corrected chi connectivity index (χ2v) is 6.83. The zero-order chi connectivity index (χ0) is 16.1. The molecule has 0 spiro atoms. The van der Waals surface area contributed by atoms with E-state index < -0.39 is 0 Å². The molecule has 0 N–H and O–H groups in total. The Labute approximate surface area is 139 Å². The van der Waals surface area contributed by atoms with Crippen molar-refractivity contribution < 1.29 is 4.79 Å². The number of ketones is 1. The van der Waals surface area contributed by atoms with Gasteiger partial charge in [-0.3, -0.25) is 4.79 Å². The van der Waals surface area contributed by atoms with Crippen molar-refractivity contribution in [2.24, 2.45) is 5.41 Å². The first-order chi connectivity index (χ1) is 11.2. The minimum absolute atomic E-state index is 0.165. The molecule has 1 fully saturated rings. The predicted molar refractivity (Wildman–Crippen MR) is 96.2 cm³/mol. The molecule has 118 valence electrons. The number of carbonyl (C=O) groups is 1. The Morgan fingerprint density at radius 2 is 1.70 bits per heavy atom. The van der Waals surface area contributed by atoms with E-state index in [-0.39, 0.29) is 11.3 Å². The van der Waals surface area contributed by atoms with Gasteiger partial charge in [-0.05, 0) is 30.4 Å². The van der Waals surface area contributed by atoms with Crippen molar-refractivity contribution in [1.29, 1.82) is 0 Å². The second kappa shape index (κ2) is 6.95. The fourth-order valence-electron chi connectivity index (χ4n) is 3.57. The minimum atomic E-state index is -0.165. The molecule has 1 nitrogen and oxygen atoms in total. The number of hydrogen-bond acceptors (Lipinski definition) is 1. The number of allylic oxidation sites excluding steroid dienone is 1. The summed E-state index contributed by atoms with van der Waals surface area (Å²) < 4.78 is 0. The quantitative estimate of drug-likeness (QED) is 0.699. The van der Waals surface area contributed by atoms with Crippen LogP contribution < -0.4 is 0 Å². The summed E-state index contributed by atoms with van der Waals surface area (Å²) in [7, 11) is 0. The topological polar surface area (TPSA) is 17.1 Å². The van der Waals surface area contributed by atoms with Crippen molar-refractivity contribution in [3.8, 4) is 0 Å². The van der Waals surface area contributed by atoms with Crippen molar-refractivity contribution in [1.82, 2.24) is 0 Å². The maximum atomic E-state index is 12.3. The molecular weight excluding hydrogens is 280 g/mol. The van der Waals surface area contributed by atoms with Crippen LogP contribution in [0.1, 0.15) is 49.7 Å². The highest BCUT2D eigenvalue weighted by molar-refractivity contribution is 5.86. The summed E-state index contributed by atoms with van der Waals surface area (Å²) in [6, 6.07) is 20.9. The fourth-order valence-corrected chi connectivity index (χ4v) is 3.57. The first-order valence-corrected chi connectivity index (χ1v) is 8.49. The van der Waals surface area contributed by atoms with Gasteiger partial charge in [0.25, 0.3) is 0 Å². The third-order valence-corrected chi connectivity index (χ3v) is 5.02. The minimum Gasteiger partial charge on any atom is -0.299 e. The molecule has 1 heteroatoms. The van der Waals surface area contributed by atoms with Gasteiger partial charge in [0.2, 0.25) is 0 Å². The number of benzene rings is 2. The van der Waals surface area contributed by atoms with Crippen LogP contribution in [0.3, 0.4) is 0 Å². The van der Waals surface area contributed by atoms with Gasteiger partial charge in [0.1, 0.15) is 5.78 Å². The summed E-state index contributed by atoms with van der Waals surface area (Å²) >= 11 is 0. The van der Waals surface area contributed by atoms with Crippen molar-refractivity contribution in [2.75, 3.05) is 0 Å². The average molecular weight is 304 g/mol. The molecule has 0 radical (unpaired) electrons. The summed E-state index contributed by atoms with van der Waals surface area (Å²) in [6.45, 7) is 2.15. The summed E-state index contributed by atoms with van der Waals surface area (Å²) in [6.07, 6.45) is 8.16. The zero-order valence-corrected chi connectivity index (χ0v) is 13.7. The summed E-state index contributed by atoms with van der Waals surface area (Å²) in [4.78, 5) is 12.3. The van der Waals surface area contributed by atoms with Gasteiger partial charge in [-0.2, -0.15) is 0 Å². The molecule has 2 aromatic carbocycles. The van der Waals surface area contributed by atoms with Gasteiger partial charge in [0.05, 0.1) is 0 Å². The SMILES string of the molecule is C[C@@]1(C[C@@H](/C=C/c2ccccc2)c2ccccc2)CCCC1=O. The van der Waals surface area contributed by atoms with Gasteiger partial charge >= 0.3 is 0 Å². The van der Waals surface area contributed by atoms with Crippen molar-refractivity contribution in [3.05, 3.63) is 77.9 Å². The van der Waals surface area contributed by atoms with Gasteiger partial charge in [0, 0.05) is 17.8 Å². The molecule has 1 saturated carbocycles. The van der Waals surface area contributed by atoms with Crippen LogP contribution in [0.4, 0.5) is 0 Å². The number of Topliss-reactive ketones (excluding diaryl/α,β-unsaturated/α-hetero) is 1. The fraction of sp³-hybridized carbons (Fsp3) is 0.318. The van der Waals surface area contributed by atoms with E-state index >= 15 is 0 Å². The molecule has 0 heterocycles. The van der Waals surface area contributed by atoms with Crippen LogP contribution in [0.5, 0.6) is 0 Å². The molecule has 0 saturated heterocycles. The van der Waals surface area contributed by atoms with Gasteiger partial charge in [-0.25, -0.2) is 0 Å². The number of carbonyl (C=O) groups excluding carboxylic acids is 1.